The normalized spacial score (nSPS) is 12.0. The number of aromatic nitrogens is 6. The third-order valence-electron chi connectivity index (χ3n) is 6.73. The van der Waals surface area contributed by atoms with Gasteiger partial charge in [0.15, 0.2) is 0 Å². The van der Waals surface area contributed by atoms with Crippen LogP contribution in [0.3, 0.4) is 0 Å². The monoisotopic (exact) mass is 504 g/mol. The van der Waals surface area contributed by atoms with E-state index in [0.717, 1.165) is 44.5 Å². The Morgan fingerprint density at radius 1 is 0.947 bits per heavy atom. The molecule has 6 rings (SSSR count). The largest absolute Gasteiger partial charge is 0.311 e. The first-order valence-electron chi connectivity index (χ1n) is 12.5. The van der Waals surface area contributed by atoms with Crippen LogP contribution >= 0.6 is 0 Å². The average molecular weight is 505 g/mol. The Labute approximate surface area is 219 Å². The number of imidazole rings is 1. The van der Waals surface area contributed by atoms with E-state index in [0.29, 0.717) is 5.82 Å². The molecule has 0 unspecified atom stereocenters. The van der Waals surface area contributed by atoms with E-state index in [4.69, 9.17) is 4.98 Å². The highest BCUT2D eigenvalue weighted by Gasteiger charge is 2.19. The summed E-state index contributed by atoms with van der Waals surface area (Å²) in [5, 5.41) is 15.2. The smallest absolute Gasteiger partial charge is 0.241 e. The SMILES string of the molecule is CNCC(=O)Nc1ccc(-c2ccc3ncc4c(c3c2)n(-c2ccc(C(C)(C)C)cc2)c2nncn42)cn1. The molecule has 0 aliphatic rings. The highest BCUT2D eigenvalue weighted by Crippen LogP contribution is 2.33. The Bertz CT molecular complexity index is 1790. The fraction of sp³-hybridized carbons (Fsp3) is 0.207. The molecule has 0 atom stereocenters. The third kappa shape index (κ3) is 4.06. The van der Waals surface area contributed by atoms with E-state index in [1.165, 1.54) is 5.56 Å². The molecule has 0 spiro atoms. The van der Waals surface area contributed by atoms with Crippen molar-refractivity contribution in [3.05, 3.63) is 78.9 Å². The van der Waals surface area contributed by atoms with Gasteiger partial charge in [-0.1, -0.05) is 39.0 Å². The van der Waals surface area contributed by atoms with Gasteiger partial charge in [-0.05, 0) is 60.0 Å². The van der Waals surface area contributed by atoms with Crippen molar-refractivity contribution in [1.29, 1.82) is 0 Å². The number of likely N-dealkylation sites (N-methyl/N-ethyl adjacent to an activating group) is 1. The topological polar surface area (TPSA) is 102 Å². The van der Waals surface area contributed by atoms with Crippen LogP contribution in [0, 0.1) is 0 Å². The van der Waals surface area contributed by atoms with Gasteiger partial charge in [0.1, 0.15) is 12.1 Å². The highest BCUT2D eigenvalue weighted by atomic mass is 16.1. The zero-order valence-electron chi connectivity index (χ0n) is 21.7. The maximum absolute atomic E-state index is 11.9. The second kappa shape index (κ2) is 9.04. The summed E-state index contributed by atoms with van der Waals surface area (Å²) in [6, 6.07) is 18.6. The number of nitrogens with zero attached hydrogens (tertiary/aromatic N) is 6. The molecule has 0 fully saturated rings. The lowest BCUT2D eigenvalue weighted by molar-refractivity contribution is -0.115. The van der Waals surface area contributed by atoms with Gasteiger partial charge in [0.2, 0.25) is 11.7 Å². The Morgan fingerprint density at radius 2 is 1.74 bits per heavy atom. The molecule has 0 bridgehead atoms. The molecule has 0 saturated carbocycles. The molecule has 0 radical (unpaired) electrons. The van der Waals surface area contributed by atoms with Crippen molar-refractivity contribution in [2.45, 2.75) is 26.2 Å². The molecule has 2 aromatic carbocycles. The first-order valence-corrected chi connectivity index (χ1v) is 12.5. The number of carbonyl (C=O) groups is 1. The quantitative estimate of drug-likeness (QED) is 0.352. The second-order valence-electron chi connectivity index (χ2n) is 10.4. The number of pyridine rings is 2. The minimum Gasteiger partial charge on any atom is -0.311 e. The zero-order valence-corrected chi connectivity index (χ0v) is 21.7. The van der Waals surface area contributed by atoms with Gasteiger partial charge in [0, 0.05) is 22.8 Å². The Balaban J connectivity index is 1.50. The molecule has 2 N–H and O–H groups in total. The Kier molecular flexibility index (Phi) is 5.65. The van der Waals surface area contributed by atoms with Crippen LogP contribution in [0.2, 0.25) is 0 Å². The van der Waals surface area contributed by atoms with Gasteiger partial charge in [0.05, 0.1) is 29.3 Å². The summed E-state index contributed by atoms with van der Waals surface area (Å²) < 4.78 is 4.11. The first-order chi connectivity index (χ1) is 18.3. The van der Waals surface area contributed by atoms with E-state index in [-0.39, 0.29) is 17.9 Å². The third-order valence-corrected chi connectivity index (χ3v) is 6.73. The van der Waals surface area contributed by atoms with Crippen molar-refractivity contribution in [3.8, 4) is 16.8 Å². The summed E-state index contributed by atoms with van der Waals surface area (Å²) in [4.78, 5) is 21.0. The lowest BCUT2D eigenvalue weighted by Crippen LogP contribution is -2.25. The van der Waals surface area contributed by atoms with Gasteiger partial charge < -0.3 is 10.6 Å². The number of nitrogens with one attached hydrogen (secondary N) is 2. The Hall–Kier alpha value is -4.63. The van der Waals surface area contributed by atoms with Gasteiger partial charge in [-0.2, -0.15) is 0 Å². The van der Waals surface area contributed by atoms with Gasteiger partial charge in [-0.15, -0.1) is 10.2 Å². The molecule has 1 amide bonds. The summed E-state index contributed by atoms with van der Waals surface area (Å²) in [5.74, 6) is 1.11. The predicted octanol–water partition coefficient (Wildman–Crippen LogP) is 4.74. The number of amides is 1. The molecule has 4 heterocycles. The first kappa shape index (κ1) is 23.7. The molecular weight excluding hydrogens is 476 g/mol. The number of hydrogen-bond acceptors (Lipinski definition) is 6. The summed E-state index contributed by atoms with van der Waals surface area (Å²) in [6.45, 7) is 6.86. The van der Waals surface area contributed by atoms with E-state index in [1.807, 2.05) is 34.9 Å². The average Bonchev–Trinajstić information content (AvgIpc) is 3.50. The number of benzene rings is 2. The van der Waals surface area contributed by atoms with Crippen LogP contribution in [0.4, 0.5) is 5.82 Å². The molecule has 6 aromatic rings. The van der Waals surface area contributed by atoms with E-state index in [1.54, 1.807) is 19.6 Å². The van der Waals surface area contributed by atoms with Crippen LogP contribution < -0.4 is 10.6 Å². The fourth-order valence-electron chi connectivity index (χ4n) is 4.75. The van der Waals surface area contributed by atoms with Crippen LogP contribution in [0.15, 0.2) is 73.3 Å². The van der Waals surface area contributed by atoms with Gasteiger partial charge in [-0.25, -0.2) is 4.98 Å². The number of rotatable bonds is 5. The van der Waals surface area contributed by atoms with E-state index in [9.17, 15) is 4.79 Å². The summed E-state index contributed by atoms with van der Waals surface area (Å²) >= 11 is 0. The maximum Gasteiger partial charge on any atom is 0.241 e. The maximum atomic E-state index is 11.9. The van der Waals surface area contributed by atoms with Crippen molar-refractivity contribution in [2.75, 3.05) is 18.9 Å². The Morgan fingerprint density at radius 3 is 2.45 bits per heavy atom. The highest BCUT2D eigenvalue weighted by molar-refractivity contribution is 6.06. The summed E-state index contributed by atoms with van der Waals surface area (Å²) in [6.07, 6.45) is 5.36. The van der Waals surface area contributed by atoms with Crippen LogP contribution in [0.5, 0.6) is 0 Å². The van der Waals surface area contributed by atoms with Crippen LogP contribution in [0.1, 0.15) is 26.3 Å². The van der Waals surface area contributed by atoms with Crippen molar-refractivity contribution in [3.63, 3.8) is 0 Å². The lowest BCUT2D eigenvalue weighted by Gasteiger charge is -2.19. The number of anilines is 1. The van der Waals surface area contributed by atoms with Crippen molar-refractivity contribution in [1.82, 2.24) is 34.4 Å². The number of fused-ring (bicyclic) bond motifs is 5. The van der Waals surface area contributed by atoms with Gasteiger partial charge in [-0.3, -0.25) is 18.7 Å². The van der Waals surface area contributed by atoms with Crippen molar-refractivity contribution >= 4 is 39.4 Å². The molecule has 0 aliphatic carbocycles. The molecule has 9 heteroatoms. The van der Waals surface area contributed by atoms with E-state index >= 15 is 0 Å². The molecule has 4 aromatic heterocycles. The molecule has 0 saturated heterocycles. The molecular formula is C29H28N8O. The zero-order chi connectivity index (χ0) is 26.4. The van der Waals surface area contributed by atoms with E-state index in [2.05, 4.69) is 81.5 Å². The summed E-state index contributed by atoms with van der Waals surface area (Å²) in [7, 11) is 1.73. The van der Waals surface area contributed by atoms with Gasteiger partial charge in [0.25, 0.3) is 0 Å². The predicted molar refractivity (Wildman–Crippen MR) is 150 cm³/mol. The fourth-order valence-corrected chi connectivity index (χ4v) is 4.75. The van der Waals surface area contributed by atoms with Crippen LogP contribution in [-0.4, -0.2) is 48.6 Å². The van der Waals surface area contributed by atoms with Gasteiger partial charge >= 0.3 is 0 Å². The summed E-state index contributed by atoms with van der Waals surface area (Å²) in [5.41, 5.74) is 7.09. The van der Waals surface area contributed by atoms with E-state index < -0.39 is 0 Å². The molecule has 190 valence electrons. The number of hydrogen-bond donors (Lipinski definition) is 2. The number of carbonyl (C=O) groups excluding carboxylic acids is 1. The standard InChI is InChI=1S/C29H28N8O/c1-29(2,3)20-7-9-21(10-8-20)37-27-22-13-18(19-6-12-25(32-14-19)34-26(38)16-30-4)5-11-23(22)31-15-24(27)36-17-33-35-28(36)37/h5-15,17,30H,16H2,1-4H3,(H,32,34,38). The second-order valence-corrected chi connectivity index (χ2v) is 10.4. The minimum absolute atomic E-state index is 0.0618. The van der Waals surface area contributed by atoms with Crippen molar-refractivity contribution in [2.24, 2.45) is 0 Å². The van der Waals surface area contributed by atoms with Crippen LogP contribution in [-0.2, 0) is 10.2 Å². The lowest BCUT2D eigenvalue weighted by atomic mass is 9.87. The molecule has 9 nitrogen and oxygen atoms in total. The minimum atomic E-state index is -0.136. The van der Waals surface area contributed by atoms with Crippen LogP contribution in [0.25, 0.3) is 44.5 Å². The molecule has 0 aliphatic heterocycles. The van der Waals surface area contributed by atoms with Crippen molar-refractivity contribution < 1.29 is 4.79 Å². The molecule has 38 heavy (non-hydrogen) atoms.